The van der Waals surface area contributed by atoms with Gasteiger partial charge in [0, 0.05) is 12.2 Å². The van der Waals surface area contributed by atoms with Gasteiger partial charge in [-0.15, -0.1) is 0 Å². The molecule has 2 aliphatic carbocycles. The molecule has 1 unspecified atom stereocenters. The Hall–Kier alpha value is -0.990. The molecule has 3 atom stereocenters. The minimum absolute atomic E-state index is 0.407. The van der Waals surface area contributed by atoms with Gasteiger partial charge in [0.05, 0.1) is 11.9 Å². The van der Waals surface area contributed by atoms with Crippen molar-refractivity contribution in [2.75, 3.05) is 5.32 Å². The van der Waals surface area contributed by atoms with Crippen molar-refractivity contribution < 1.29 is 0 Å². The lowest BCUT2D eigenvalue weighted by atomic mass is 9.68. The molecule has 3 heteroatoms. The van der Waals surface area contributed by atoms with Crippen molar-refractivity contribution in [2.45, 2.75) is 46.1 Å². The predicted molar refractivity (Wildman–Crippen MR) is 65.2 cm³/mol. The number of hydrogen-bond donors (Lipinski definition) is 2. The fourth-order valence-electron chi connectivity index (χ4n) is 4.16. The van der Waals surface area contributed by atoms with Crippen LogP contribution in [0.3, 0.4) is 0 Å². The number of hydrogen-bond acceptors (Lipinski definition) is 2. The number of anilines is 1. The first-order chi connectivity index (χ1) is 7.52. The molecule has 0 radical (unpaired) electrons. The molecule has 1 heterocycles. The molecule has 2 aliphatic rings. The first kappa shape index (κ1) is 10.2. The van der Waals surface area contributed by atoms with E-state index in [1.165, 1.54) is 19.3 Å². The summed E-state index contributed by atoms with van der Waals surface area (Å²) in [4.78, 5) is 0. The van der Waals surface area contributed by atoms with Crippen LogP contribution < -0.4 is 5.32 Å². The average molecular weight is 219 g/mol. The molecule has 2 N–H and O–H groups in total. The third-order valence-electron chi connectivity index (χ3n) is 5.08. The number of nitrogens with one attached hydrogen (secondary N) is 2. The van der Waals surface area contributed by atoms with Crippen LogP contribution in [0.4, 0.5) is 5.69 Å². The Morgan fingerprint density at radius 2 is 2.25 bits per heavy atom. The van der Waals surface area contributed by atoms with Gasteiger partial charge in [0.25, 0.3) is 0 Å². The summed E-state index contributed by atoms with van der Waals surface area (Å²) in [5.41, 5.74) is 2.02. The SMILES string of the molecule is CC1(C)C(Nc2cn[nH]c2)[C@]2(C)CC[C@H]1C2. The lowest BCUT2D eigenvalue weighted by Crippen LogP contribution is -2.45. The smallest absolute Gasteiger partial charge is 0.0726 e. The van der Waals surface area contributed by atoms with Gasteiger partial charge in [0.1, 0.15) is 0 Å². The average Bonchev–Trinajstić information content (AvgIpc) is 2.85. The second-order valence-corrected chi connectivity index (χ2v) is 6.48. The van der Waals surface area contributed by atoms with Gasteiger partial charge >= 0.3 is 0 Å². The standard InChI is InChI=1S/C13H21N3/c1-12(2)9-4-5-13(3,6-9)11(12)16-10-7-14-15-8-10/h7-9,11,16H,4-6H2,1-3H3,(H,14,15)/t9-,11?,13+/m0/s1. The van der Waals surface area contributed by atoms with E-state index >= 15 is 0 Å². The van der Waals surface area contributed by atoms with E-state index in [1.807, 2.05) is 12.4 Å². The highest BCUT2D eigenvalue weighted by Gasteiger charge is 2.59. The Balaban J connectivity index is 1.88. The Labute approximate surface area is 97.0 Å². The highest BCUT2D eigenvalue weighted by atomic mass is 15.1. The van der Waals surface area contributed by atoms with E-state index in [2.05, 4.69) is 36.3 Å². The number of aromatic nitrogens is 2. The fourth-order valence-corrected chi connectivity index (χ4v) is 4.16. The summed E-state index contributed by atoms with van der Waals surface area (Å²) in [6.07, 6.45) is 8.00. The zero-order valence-corrected chi connectivity index (χ0v) is 10.4. The zero-order valence-electron chi connectivity index (χ0n) is 10.4. The van der Waals surface area contributed by atoms with E-state index in [0.29, 0.717) is 16.9 Å². The third-order valence-corrected chi connectivity index (χ3v) is 5.08. The molecule has 3 rings (SSSR count). The van der Waals surface area contributed by atoms with Gasteiger partial charge in [-0.25, -0.2) is 0 Å². The second-order valence-electron chi connectivity index (χ2n) is 6.48. The first-order valence-electron chi connectivity index (χ1n) is 6.28. The zero-order chi connectivity index (χ0) is 11.4. The second kappa shape index (κ2) is 3.02. The van der Waals surface area contributed by atoms with Gasteiger partial charge < -0.3 is 5.32 Å². The van der Waals surface area contributed by atoms with Gasteiger partial charge in [-0.2, -0.15) is 5.10 Å². The molecule has 0 saturated heterocycles. The van der Waals surface area contributed by atoms with Crippen LogP contribution in [0.15, 0.2) is 12.4 Å². The number of H-pyrrole nitrogens is 1. The minimum Gasteiger partial charge on any atom is -0.379 e. The molecule has 1 aromatic rings. The van der Waals surface area contributed by atoms with E-state index in [0.717, 1.165) is 11.6 Å². The molecule has 88 valence electrons. The van der Waals surface area contributed by atoms with Crippen molar-refractivity contribution in [1.82, 2.24) is 10.2 Å². The number of rotatable bonds is 2. The lowest BCUT2D eigenvalue weighted by Gasteiger charge is -2.43. The largest absolute Gasteiger partial charge is 0.379 e. The topological polar surface area (TPSA) is 40.7 Å². The molecule has 0 spiro atoms. The van der Waals surface area contributed by atoms with E-state index in [4.69, 9.17) is 0 Å². The normalized spacial score (nSPS) is 40.2. The van der Waals surface area contributed by atoms with Crippen LogP contribution in [0.1, 0.15) is 40.0 Å². The van der Waals surface area contributed by atoms with Crippen molar-refractivity contribution in [1.29, 1.82) is 0 Å². The van der Waals surface area contributed by atoms with E-state index in [9.17, 15) is 0 Å². The van der Waals surface area contributed by atoms with E-state index in [-0.39, 0.29) is 0 Å². The summed E-state index contributed by atoms with van der Waals surface area (Å²) in [5, 5.41) is 10.6. The fraction of sp³-hybridized carbons (Fsp3) is 0.769. The van der Waals surface area contributed by atoms with E-state index < -0.39 is 0 Å². The molecule has 0 amide bonds. The van der Waals surface area contributed by atoms with Crippen LogP contribution in [-0.2, 0) is 0 Å². The highest BCUT2D eigenvalue weighted by molar-refractivity contribution is 5.41. The molecule has 1 aromatic heterocycles. The van der Waals surface area contributed by atoms with Gasteiger partial charge in [0.15, 0.2) is 0 Å². The maximum absolute atomic E-state index is 4.01. The summed E-state index contributed by atoms with van der Waals surface area (Å²) >= 11 is 0. The van der Waals surface area contributed by atoms with Gasteiger partial charge in [-0.05, 0) is 36.0 Å². The van der Waals surface area contributed by atoms with Crippen LogP contribution in [-0.4, -0.2) is 16.2 Å². The lowest BCUT2D eigenvalue weighted by molar-refractivity contribution is 0.155. The number of fused-ring (bicyclic) bond motifs is 2. The van der Waals surface area contributed by atoms with Crippen molar-refractivity contribution in [2.24, 2.45) is 16.7 Å². The maximum Gasteiger partial charge on any atom is 0.0726 e. The summed E-state index contributed by atoms with van der Waals surface area (Å²) in [7, 11) is 0. The van der Waals surface area contributed by atoms with Crippen LogP contribution in [0, 0.1) is 16.7 Å². The van der Waals surface area contributed by atoms with Gasteiger partial charge in [0.2, 0.25) is 0 Å². The highest BCUT2D eigenvalue weighted by Crippen LogP contribution is 2.63. The molecule has 0 aromatic carbocycles. The Morgan fingerprint density at radius 1 is 1.44 bits per heavy atom. The first-order valence-corrected chi connectivity index (χ1v) is 6.28. The number of aromatic amines is 1. The molecule has 0 aliphatic heterocycles. The van der Waals surface area contributed by atoms with Crippen LogP contribution in [0.5, 0.6) is 0 Å². The van der Waals surface area contributed by atoms with Crippen LogP contribution >= 0.6 is 0 Å². The van der Waals surface area contributed by atoms with Crippen LogP contribution in [0.25, 0.3) is 0 Å². The molecule has 3 nitrogen and oxygen atoms in total. The van der Waals surface area contributed by atoms with E-state index in [1.54, 1.807) is 0 Å². The Morgan fingerprint density at radius 3 is 2.81 bits per heavy atom. The van der Waals surface area contributed by atoms with Gasteiger partial charge in [-0.3, -0.25) is 5.10 Å². The summed E-state index contributed by atoms with van der Waals surface area (Å²) in [6, 6.07) is 0.580. The van der Waals surface area contributed by atoms with Crippen LogP contribution in [0.2, 0.25) is 0 Å². The minimum atomic E-state index is 0.407. The molecule has 2 fully saturated rings. The summed E-state index contributed by atoms with van der Waals surface area (Å²) in [6.45, 7) is 7.28. The quantitative estimate of drug-likeness (QED) is 0.802. The third kappa shape index (κ3) is 1.23. The maximum atomic E-state index is 4.01. The molecule has 16 heavy (non-hydrogen) atoms. The van der Waals surface area contributed by atoms with Gasteiger partial charge in [-0.1, -0.05) is 20.8 Å². The summed E-state index contributed by atoms with van der Waals surface area (Å²) in [5.74, 6) is 0.891. The predicted octanol–water partition coefficient (Wildman–Crippen LogP) is 3.04. The van der Waals surface area contributed by atoms with Crippen molar-refractivity contribution in [3.05, 3.63) is 12.4 Å². The monoisotopic (exact) mass is 219 g/mol. The van der Waals surface area contributed by atoms with Crippen molar-refractivity contribution >= 4 is 5.69 Å². The molecular weight excluding hydrogens is 198 g/mol. The molecule has 2 bridgehead atoms. The molecular formula is C13H21N3. The van der Waals surface area contributed by atoms with Crippen molar-refractivity contribution in [3.8, 4) is 0 Å². The number of nitrogens with zero attached hydrogens (tertiary/aromatic N) is 1. The Bertz CT molecular complexity index is 377. The van der Waals surface area contributed by atoms with Crippen molar-refractivity contribution in [3.63, 3.8) is 0 Å². The Kier molecular flexibility index (Phi) is 1.92. The molecule has 2 saturated carbocycles. The summed E-state index contributed by atoms with van der Waals surface area (Å²) < 4.78 is 0.